The van der Waals surface area contributed by atoms with Crippen molar-refractivity contribution in [3.05, 3.63) is 20.8 Å². The van der Waals surface area contributed by atoms with E-state index in [1.54, 1.807) is 23.1 Å². The molecular weight excluding hydrogens is 354 g/mol. The minimum Gasteiger partial charge on any atom is -0.326 e. The van der Waals surface area contributed by atoms with Crippen LogP contribution in [0.15, 0.2) is 15.9 Å². The van der Waals surface area contributed by atoms with Crippen molar-refractivity contribution in [2.45, 2.75) is 24.6 Å². The van der Waals surface area contributed by atoms with Gasteiger partial charge in [0.1, 0.15) is 9.84 Å². The van der Waals surface area contributed by atoms with Crippen LogP contribution in [0.3, 0.4) is 0 Å². The summed E-state index contributed by atoms with van der Waals surface area (Å²) in [7, 11) is -2.90. The molecule has 0 saturated heterocycles. The second-order valence-corrected chi connectivity index (χ2v) is 9.53. The highest BCUT2D eigenvalue weighted by Gasteiger charge is 2.21. The summed E-state index contributed by atoms with van der Waals surface area (Å²) in [5.41, 5.74) is 6.13. The van der Waals surface area contributed by atoms with Crippen LogP contribution in [0, 0.1) is 0 Å². The molecule has 0 amide bonds. The third kappa shape index (κ3) is 5.61. The maximum Gasteiger partial charge on any atom is 0.148 e. The monoisotopic (exact) mass is 371 g/mol. The summed E-state index contributed by atoms with van der Waals surface area (Å²) in [5, 5.41) is 2.20. The van der Waals surface area contributed by atoms with Crippen LogP contribution >= 0.6 is 39.0 Å². The maximum atomic E-state index is 11.1. The van der Waals surface area contributed by atoms with Crippen LogP contribution in [0.2, 0.25) is 0 Å². The fourth-order valence-electron chi connectivity index (χ4n) is 1.43. The van der Waals surface area contributed by atoms with Crippen LogP contribution in [0.1, 0.15) is 23.5 Å². The molecule has 1 aromatic rings. The first-order valence-corrected chi connectivity index (χ1v) is 10.4. The van der Waals surface area contributed by atoms with Gasteiger partial charge in [0.2, 0.25) is 0 Å². The fraction of sp³-hybridized carbons (Fsp3) is 0.636. The van der Waals surface area contributed by atoms with Crippen molar-refractivity contribution in [2.75, 3.05) is 17.8 Å². The lowest BCUT2D eigenvalue weighted by molar-refractivity contribution is 0.603. The molecule has 0 spiro atoms. The Balaban J connectivity index is 2.68. The highest BCUT2D eigenvalue weighted by atomic mass is 79.9. The fourth-order valence-corrected chi connectivity index (χ4v) is 5.83. The average Bonchev–Trinajstić information content (AvgIpc) is 2.68. The molecule has 104 valence electrons. The molecule has 2 N–H and O–H groups in total. The summed E-state index contributed by atoms with van der Waals surface area (Å²) in [6, 6.07) is 2.12. The van der Waals surface area contributed by atoms with Gasteiger partial charge in [0.05, 0.1) is 11.0 Å². The molecule has 0 fully saturated rings. The van der Waals surface area contributed by atoms with Gasteiger partial charge < -0.3 is 5.73 Å². The van der Waals surface area contributed by atoms with Crippen molar-refractivity contribution >= 4 is 48.9 Å². The SMILES string of the molecule is CCC(N)C(SCCS(C)(=O)=O)c1cc(Br)cs1. The zero-order valence-corrected chi connectivity index (χ0v) is 14.5. The minimum absolute atomic E-state index is 0.0557. The molecule has 1 heterocycles. The topological polar surface area (TPSA) is 60.2 Å². The molecule has 0 aliphatic carbocycles. The van der Waals surface area contributed by atoms with Crippen LogP contribution in [0.4, 0.5) is 0 Å². The van der Waals surface area contributed by atoms with Crippen LogP contribution < -0.4 is 5.73 Å². The van der Waals surface area contributed by atoms with E-state index < -0.39 is 9.84 Å². The lowest BCUT2D eigenvalue weighted by Crippen LogP contribution is -2.25. The number of thioether (sulfide) groups is 1. The number of rotatable bonds is 7. The Bertz CT molecular complexity index is 472. The van der Waals surface area contributed by atoms with Crippen LogP contribution in [-0.2, 0) is 9.84 Å². The Morgan fingerprint density at radius 1 is 1.56 bits per heavy atom. The van der Waals surface area contributed by atoms with Gasteiger partial charge in [-0.15, -0.1) is 11.3 Å². The van der Waals surface area contributed by atoms with Crippen molar-refractivity contribution in [1.82, 2.24) is 0 Å². The first-order chi connectivity index (χ1) is 8.33. The molecule has 18 heavy (non-hydrogen) atoms. The smallest absolute Gasteiger partial charge is 0.148 e. The van der Waals surface area contributed by atoms with Gasteiger partial charge >= 0.3 is 0 Å². The molecule has 0 aliphatic heterocycles. The summed E-state index contributed by atoms with van der Waals surface area (Å²) in [6.07, 6.45) is 2.15. The molecular formula is C11H18BrNO2S3. The summed E-state index contributed by atoms with van der Waals surface area (Å²) in [5.74, 6) is 0.796. The molecule has 0 aromatic carbocycles. The quantitative estimate of drug-likeness (QED) is 0.799. The van der Waals surface area contributed by atoms with Gasteiger partial charge in [0.25, 0.3) is 0 Å². The largest absolute Gasteiger partial charge is 0.326 e. The van der Waals surface area contributed by atoms with Gasteiger partial charge in [-0.3, -0.25) is 0 Å². The van der Waals surface area contributed by atoms with Crippen LogP contribution in [-0.4, -0.2) is 32.2 Å². The van der Waals surface area contributed by atoms with Crippen molar-refractivity contribution in [2.24, 2.45) is 5.73 Å². The average molecular weight is 372 g/mol. The Hall–Kier alpha value is 0.440. The van der Waals surface area contributed by atoms with E-state index in [2.05, 4.69) is 28.9 Å². The van der Waals surface area contributed by atoms with Gasteiger partial charge in [0.15, 0.2) is 0 Å². The maximum absolute atomic E-state index is 11.1. The lowest BCUT2D eigenvalue weighted by Gasteiger charge is -2.21. The highest BCUT2D eigenvalue weighted by Crippen LogP contribution is 2.37. The summed E-state index contributed by atoms with van der Waals surface area (Å²) in [6.45, 7) is 2.05. The Kier molecular flexibility index (Phi) is 6.67. The van der Waals surface area contributed by atoms with E-state index in [9.17, 15) is 8.42 Å². The minimum atomic E-state index is -2.90. The molecule has 2 atom stereocenters. The van der Waals surface area contributed by atoms with Crippen LogP contribution in [0.5, 0.6) is 0 Å². The third-order valence-electron chi connectivity index (χ3n) is 2.48. The van der Waals surface area contributed by atoms with Crippen molar-refractivity contribution in [3.8, 4) is 0 Å². The van der Waals surface area contributed by atoms with Gasteiger partial charge in [-0.1, -0.05) is 6.92 Å². The first-order valence-electron chi connectivity index (χ1n) is 5.62. The van der Waals surface area contributed by atoms with Gasteiger partial charge in [-0.05, 0) is 28.4 Å². The van der Waals surface area contributed by atoms with Gasteiger partial charge in [0, 0.05) is 32.8 Å². The zero-order valence-electron chi connectivity index (χ0n) is 10.4. The van der Waals surface area contributed by atoms with E-state index in [1.807, 2.05) is 5.38 Å². The van der Waals surface area contributed by atoms with E-state index >= 15 is 0 Å². The molecule has 0 saturated carbocycles. The van der Waals surface area contributed by atoms with Crippen molar-refractivity contribution < 1.29 is 8.42 Å². The second kappa shape index (κ2) is 7.28. The number of halogens is 1. The van der Waals surface area contributed by atoms with E-state index in [4.69, 9.17) is 5.73 Å². The summed E-state index contributed by atoms with van der Waals surface area (Å²) < 4.78 is 23.3. The van der Waals surface area contributed by atoms with E-state index in [-0.39, 0.29) is 17.0 Å². The number of hydrogen-bond acceptors (Lipinski definition) is 5. The standard InChI is InChI=1S/C11H18BrNO2S3/c1-3-9(13)11(10-6-8(12)7-17-10)16-4-5-18(2,14)15/h6-7,9,11H,3-5,13H2,1-2H3. The molecule has 3 nitrogen and oxygen atoms in total. The second-order valence-electron chi connectivity index (χ2n) is 4.16. The summed E-state index contributed by atoms with van der Waals surface area (Å²) >= 11 is 6.73. The highest BCUT2D eigenvalue weighted by molar-refractivity contribution is 9.10. The van der Waals surface area contributed by atoms with Gasteiger partial charge in [-0.25, -0.2) is 8.42 Å². The van der Waals surface area contributed by atoms with E-state index in [0.29, 0.717) is 5.75 Å². The Morgan fingerprint density at radius 3 is 2.67 bits per heavy atom. The molecule has 1 rings (SSSR count). The number of nitrogens with two attached hydrogens (primary N) is 1. The number of sulfone groups is 1. The molecule has 0 bridgehead atoms. The summed E-state index contributed by atoms with van der Waals surface area (Å²) in [4.78, 5) is 1.20. The molecule has 7 heteroatoms. The van der Waals surface area contributed by atoms with Crippen molar-refractivity contribution in [1.29, 1.82) is 0 Å². The zero-order chi connectivity index (χ0) is 13.8. The van der Waals surface area contributed by atoms with E-state index in [1.165, 1.54) is 11.1 Å². The predicted octanol–water partition coefficient (Wildman–Crippen LogP) is 3.07. The number of thiophene rings is 1. The van der Waals surface area contributed by atoms with Crippen LogP contribution in [0.25, 0.3) is 0 Å². The number of hydrogen-bond donors (Lipinski definition) is 1. The molecule has 0 aliphatic rings. The molecule has 1 aromatic heterocycles. The first kappa shape index (κ1) is 16.5. The third-order valence-corrected chi connectivity index (χ3v) is 7.01. The van der Waals surface area contributed by atoms with Gasteiger partial charge in [-0.2, -0.15) is 11.8 Å². The predicted molar refractivity (Wildman–Crippen MR) is 85.2 cm³/mol. The normalized spacial score (nSPS) is 15.6. The lowest BCUT2D eigenvalue weighted by atomic mass is 10.1. The van der Waals surface area contributed by atoms with Crippen molar-refractivity contribution in [3.63, 3.8) is 0 Å². The Morgan fingerprint density at radius 2 is 2.22 bits per heavy atom. The molecule has 2 unspecified atom stereocenters. The molecule has 0 radical (unpaired) electrons. The Labute approximate surface area is 126 Å². The van der Waals surface area contributed by atoms with E-state index in [0.717, 1.165) is 10.9 Å².